The van der Waals surface area contributed by atoms with E-state index in [-0.39, 0.29) is 23.5 Å². The molecular formula is C16H14F3N3O3S. The van der Waals surface area contributed by atoms with E-state index in [0.717, 1.165) is 17.5 Å². The number of nitrogens with one attached hydrogen (secondary N) is 1. The Morgan fingerprint density at radius 1 is 1.35 bits per heavy atom. The number of allylic oxidation sites excluding steroid dienone is 1. The van der Waals surface area contributed by atoms with E-state index in [1.54, 1.807) is 6.07 Å². The molecule has 1 atom stereocenters. The molecule has 0 saturated carbocycles. The van der Waals surface area contributed by atoms with E-state index < -0.39 is 33.4 Å². The zero-order valence-corrected chi connectivity index (χ0v) is 14.1. The summed E-state index contributed by atoms with van der Waals surface area (Å²) in [5, 5.41) is 7.45. The van der Waals surface area contributed by atoms with Crippen LogP contribution in [0, 0.1) is 5.92 Å². The van der Waals surface area contributed by atoms with Gasteiger partial charge in [0.05, 0.1) is 22.7 Å². The van der Waals surface area contributed by atoms with Crippen molar-refractivity contribution in [3.63, 3.8) is 0 Å². The average Bonchev–Trinajstić information content (AvgIpc) is 3.16. The fraction of sp³-hybridized carbons (Fsp3) is 0.250. The normalized spacial score (nSPS) is 18.8. The summed E-state index contributed by atoms with van der Waals surface area (Å²) in [5.41, 5.74) is -0.698. The molecule has 2 heterocycles. The van der Waals surface area contributed by atoms with Gasteiger partial charge in [-0.05, 0) is 24.3 Å². The second-order valence-electron chi connectivity index (χ2n) is 5.85. The van der Waals surface area contributed by atoms with E-state index in [1.807, 2.05) is 0 Å². The SMILES string of the molecule is O=C(CC1C=CS(=O)(=O)C1)Nc1cc(C(F)(F)F)ccc1-n1cccn1. The van der Waals surface area contributed by atoms with E-state index in [4.69, 9.17) is 0 Å². The Labute approximate surface area is 147 Å². The molecule has 0 spiro atoms. The summed E-state index contributed by atoms with van der Waals surface area (Å²) in [4.78, 5) is 12.2. The maximum Gasteiger partial charge on any atom is 0.416 e. The summed E-state index contributed by atoms with van der Waals surface area (Å²) < 4.78 is 63.1. The van der Waals surface area contributed by atoms with Crippen molar-refractivity contribution in [1.29, 1.82) is 0 Å². The fourth-order valence-corrected chi connectivity index (χ4v) is 4.03. The standard InChI is InChI=1S/C16H14F3N3O3S/c17-16(18,19)12-2-3-14(22-6-1-5-20-22)13(9-12)21-15(23)8-11-4-7-26(24,25)10-11/h1-7,9,11H,8,10H2,(H,21,23). The third-order valence-corrected chi connectivity index (χ3v) is 5.27. The molecule has 2 aromatic rings. The highest BCUT2D eigenvalue weighted by molar-refractivity contribution is 7.94. The lowest BCUT2D eigenvalue weighted by atomic mass is 10.1. The van der Waals surface area contributed by atoms with Crippen LogP contribution >= 0.6 is 0 Å². The van der Waals surface area contributed by atoms with Gasteiger partial charge in [-0.3, -0.25) is 4.79 Å². The molecule has 0 aliphatic carbocycles. The monoisotopic (exact) mass is 385 g/mol. The maximum absolute atomic E-state index is 13.0. The molecule has 1 unspecified atom stereocenters. The number of benzene rings is 1. The maximum atomic E-state index is 13.0. The summed E-state index contributed by atoms with van der Waals surface area (Å²) in [7, 11) is -3.31. The molecule has 26 heavy (non-hydrogen) atoms. The van der Waals surface area contributed by atoms with Crippen molar-refractivity contribution in [2.24, 2.45) is 5.92 Å². The number of halogens is 3. The number of nitrogens with zero attached hydrogens (tertiary/aromatic N) is 2. The van der Waals surface area contributed by atoms with Crippen LogP contribution in [0.1, 0.15) is 12.0 Å². The highest BCUT2D eigenvalue weighted by Crippen LogP contribution is 2.33. The number of hydrogen-bond acceptors (Lipinski definition) is 4. The van der Waals surface area contributed by atoms with E-state index in [2.05, 4.69) is 10.4 Å². The van der Waals surface area contributed by atoms with Gasteiger partial charge in [0, 0.05) is 30.1 Å². The van der Waals surface area contributed by atoms with Crippen LogP contribution < -0.4 is 5.32 Å². The molecule has 1 N–H and O–H groups in total. The molecule has 1 amide bonds. The number of amides is 1. The number of sulfone groups is 1. The number of aromatic nitrogens is 2. The Bertz CT molecular complexity index is 951. The first kappa shape index (κ1) is 18.2. The van der Waals surface area contributed by atoms with Gasteiger partial charge in [0.15, 0.2) is 9.84 Å². The van der Waals surface area contributed by atoms with Gasteiger partial charge in [-0.1, -0.05) is 6.08 Å². The molecule has 1 aromatic carbocycles. The smallest absolute Gasteiger partial charge is 0.324 e. The van der Waals surface area contributed by atoms with E-state index >= 15 is 0 Å². The number of rotatable bonds is 4. The van der Waals surface area contributed by atoms with Crippen molar-refractivity contribution in [1.82, 2.24) is 9.78 Å². The summed E-state index contributed by atoms with van der Waals surface area (Å²) in [6.07, 6.45) is -0.313. The van der Waals surface area contributed by atoms with Gasteiger partial charge in [0.1, 0.15) is 0 Å². The van der Waals surface area contributed by atoms with Crippen LogP contribution in [-0.2, 0) is 20.8 Å². The second-order valence-corrected chi connectivity index (χ2v) is 7.78. The van der Waals surface area contributed by atoms with E-state index in [0.29, 0.717) is 0 Å². The predicted octanol–water partition coefficient (Wildman–Crippen LogP) is 2.78. The molecule has 1 aromatic heterocycles. The number of anilines is 1. The van der Waals surface area contributed by atoms with Crippen molar-refractivity contribution in [2.45, 2.75) is 12.6 Å². The Morgan fingerprint density at radius 2 is 2.12 bits per heavy atom. The Hall–Kier alpha value is -2.62. The van der Waals surface area contributed by atoms with Crippen LogP contribution in [0.3, 0.4) is 0 Å². The molecule has 1 aliphatic heterocycles. The number of hydrogen-bond donors (Lipinski definition) is 1. The van der Waals surface area contributed by atoms with Gasteiger partial charge in [-0.25, -0.2) is 13.1 Å². The highest BCUT2D eigenvalue weighted by Gasteiger charge is 2.31. The number of carbonyl (C=O) groups excluding carboxylic acids is 1. The Balaban J connectivity index is 1.85. The molecule has 138 valence electrons. The van der Waals surface area contributed by atoms with Gasteiger partial charge in [-0.15, -0.1) is 0 Å². The molecule has 1 aliphatic rings. The van der Waals surface area contributed by atoms with Gasteiger partial charge in [0.25, 0.3) is 0 Å². The minimum absolute atomic E-state index is 0.0571. The van der Waals surface area contributed by atoms with E-state index in [1.165, 1.54) is 29.2 Å². The van der Waals surface area contributed by atoms with Crippen molar-refractivity contribution in [3.8, 4) is 5.69 Å². The minimum Gasteiger partial charge on any atom is -0.324 e. The molecule has 0 saturated heterocycles. The van der Waals surface area contributed by atoms with Gasteiger partial charge in [-0.2, -0.15) is 18.3 Å². The Kier molecular flexibility index (Phi) is 4.61. The van der Waals surface area contributed by atoms with Crippen molar-refractivity contribution < 1.29 is 26.4 Å². The zero-order valence-electron chi connectivity index (χ0n) is 13.3. The summed E-state index contributed by atoms with van der Waals surface area (Å²) in [6.45, 7) is 0. The van der Waals surface area contributed by atoms with Crippen molar-refractivity contribution in [3.05, 3.63) is 53.7 Å². The predicted molar refractivity (Wildman–Crippen MR) is 88.2 cm³/mol. The van der Waals surface area contributed by atoms with Gasteiger partial charge >= 0.3 is 6.18 Å². The highest BCUT2D eigenvalue weighted by atomic mass is 32.2. The first-order valence-electron chi connectivity index (χ1n) is 7.56. The first-order valence-corrected chi connectivity index (χ1v) is 9.28. The number of carbonyl (C=O) groups is 1. The van der Waals surface area contributed by atoms with Crippen molar-refractivity contribution in [2.75, 3.05) is 11.1 Å². The van der Waals surface area contributed by atoms with Crippen LogP contribution in [0.5, 0.6) is 0 Å². The minimum atomic E-state index is -4.57. The van der Waals surface area contributed by atoms with Crippen LogP contribution in [0.2, 0.25) is 0 Å². The molecule has 10 heteroatoms. The lowest BCUT2D eigenvalue weighted by Gasteiger charge is -2.15. The first-order chi connectivity index (χ1) is 12.1. The van der Waals surface area contributed by atoms with Crippen LogP contribution in [-0.4, -0.2) is 29.9 Å². The van der Waals surface area contributed by atoms with Gasteiger partial charge in [0.2, 0.25) is 5.91 Å². The largest absolute Gasteiger partial charge is 0.416 e. The Morgan fingerprint density at radius 3 is 2.69 bits per heavy atom. The summed E-state index contributed by atoms with van der Waals surface area (Å²) in [5.74, 6) is -1.27. The molecular weight excluding hydrogens is 371 g/mol. The average molecular weight is 385 g/mol. The molecule has 3 rings (SSSR count). The summed E-state index contributed by atoms with van der Waals surface area (Å²) in [6, 6.07) is 4.54. The lowest BCUT2D eigenvalue weighted by molar-refractivity contribution is -0.137. The second kappa shape index (κ2) is 6.60. The third-order valence-electron chi connectivity index (χ3n) is 3.80. The van der Waals surface area contributed by atoms with Crippen molar-refractivity contribution >= 4 is 21.4 Å². The van der Waals surface area contributed by atoms with E-state index in [9.17, 15) is 26.4 Å². The number of alkyl halides is 3. The van der Waals surface area contributed by atoms with Gasteiger partial charge < -0.3 is 5.32 Å². The quantitative estimate of drug-likeness (QED) is 0.878. The summed E-state index contributed by atoms with van der Waals surface area (Å²) >= 11 is 0. The van der Waals surface area contributed by atoms with Crippen LogP contribution in [0.15, 0.2) is 48.1 Å². The third kappa shape index (κ3) is 4.13. The van der Waals surface area contributed by atoms with Crippen LogP contribution in [0.25, 0.3) is 5.69 Å². The molecule has 0 radical (unpaired) electrons. The fourth-order valence-electron chi connectivity index (χ4n) is 2.63. The van der Waals surface area contributed by atoms with Crippen LogP contribution in [0.4, 0.5) is 18.9 Å². The molecule has 0 fully saturated rings. The lowest BCUT2D eigenvalue weighted by Crippen LogP contribution is -2.19. The zero-order chi connectivity index (χ0) is 18.9. The molecule has 6 nitrogen and oxygen atoms in total. The molecule has 0 bridgehead atoms. The topological polar surface area (TPSA) is 81.1 Å².